The summed E-state index contributed by atoms with van der Waals surface area (Å²) < 4.78 is 0. The Labute approximate surface area is 114 Å². The van der Waals surface area contributed by atoms with Gasteiger partial charge in [0.25, 0.3) is 5.91 Å². The molecule has 4 nitrogen and oxygen atoms in total. The van der Waals surface area contributed by atoms with Gasteiger partial charge in [-0.2, -0.15) is 0 Å². The van der Waals surface area contributed by atoms with E-state index in [0.717, 1.165) is 0 Å². The predicted octanol–water partition coefficient (Wildman–Crippen LogP) is 1.85. The van der Waals surface area contributed by atoms with Crippen LogP contribution in [0, 0.1) is 0 Å². The maximum absolute atomic E-state index is 11.9. The zero-order valence-corrected chi connectivity index (χ0v) is 12.2. The average Bonchev–Trinajstić information content (AvgIpc) is 2.36. The van der Waals surface area contributed by atoms with E-state index in [4.69, 9.17) is 0 Å². The van der Waals surface area contributed by atoms with Gasteiger partial charge in [-0.05, 0) is 30.0 Å². The van der Waals surface area contributed by atoms with E-state index in [1.807, 2.05) is 12.1 Å². The number of rotatable bonds is 3. The minimum absolute atomic E-state index is 0.0599. The lowest BCUT2D eigenvalue weighted by Gasteiger charge is -2.19. The van der Waals surface area contributed by atoms with Crippen molar-refractivity contribution in [3.05, 3.63) is 35.4 Å². The summed E-state index contributed by atoms with van der Waals surface area (Å²) in [6.45, 7) is 8.02. The Kier molecular flexibility index (Phi) is 4.70. The molecule has 19 heavy (non-hydrogen) atoms. The summed E-state index contributed by atoms with van der Waals surface area (Å²) in [4.78, 5) is 23.3. The normalized spacial score (nSPS) is 12.7. The monoisotopic (exact) mass is 262 g/mol. The topological polar surface area (TPSA) is 58.2 Å². The molecule has 0 aliphatic heterocycles. The zero-order chi connectivity index (χ0) is 14.6. The Hall–Kier alpha value is -1.84. The second kappa shape index (κ2) is 5.87. The summed E-state index contributed by atoms with van der Waals surface area (Å²) in [5, 5.41) is 5.15. The highest BCUT2D eigenvalue weighted by atomic mass is 16.2. The maximum Gasteiger partial charge on any atom is 0.251 e. The molecule has 0 aliphatic carbocycles. The van der Waals surface area contributed by atoms with E-state index >= 15 is 0 Å². The van der Waals surface area contributed by atoms with Gasteiger partial charge >= 0.3 is 0 Å². The van der Waals surface area contributed by atoms with Crippen LogP contribution in [0.3, 0.4) is 0 Å². The number of hydrogen-bond acceptors (Lipinski definition) is 2. The first-order valence-electron chi connectivity index (χ1n) is 6.38. The van der Waals surface area contributed by atoms with Crippen LogP contribution >= 0.6 is 0 Å². The highest BCUT2D eigenvalue weighted by Gasteiger charge is 2.17. The van der Waals surface area contributed by atoms with Gasteiger partial charge in [0, 0.05) is 12.6 Å². The SMILES string of the molecule is CNC(=O)C(C)NC(=O)c1ccc(C(C)(C)C)cc1. The van der Waals surface area contributed by atoms with Crippen molar-refractivity contribution in [2.45, 2.75) is 39.2 Å². The molecule has 0 heterocycles. The van der Waals surface area contributed by atoms with Gasteiger partial charge in [-0.15, -0.1) is 0 Å². The summed E-state index contributed by atoms with van der Waals surface area (Å²) in [5.74, 6) is -0.448. The third-order valence-electron chi connectivity index (χ3n) is 3.00. The van der Waals surface area contributed by atoms with Crippen LogP contribution in [0.2, 0.25) is 0 Å². The molecule has 0 aliphatic rings. The Morgan fingerprint density at radius 2 is 1.63 bits per heavy atom. The molecule has 0 bridgehead atoms. The number of likely N-dealkylation sites (N-methyl/N-ethyl adjacent to an activating group) is 1. The van der Waals surface area contributed by atoms with Crippen molar-refractivity contribution < 1.29 is 9.59 Å². The molecular formula is C15H22N2O2. The van der Waals surface area contributed by atoms with Crippen LogP contribution in [0.5, 0.6) is 0 Å². The summed E-state index contributed by atoms with van der Waals surface area (Å²) in [6.07, 6.45) is 0. The lowest BCUT2D eigenvalue weighted by atomic mass is 9.86. The van der Waals surface area contributed by atoms with E-state index in [2.05, 4.69) is 31.4 Å². The number of carbonyl (C=O) groups excluding carboxylic acids is 2. The lowest BCUT2D eigenvalue weighted by molar-refractivity contribution is -0.122. The fraction of sp³-hybridized carbons (Fsp3) is 0.467. The molecule has 0 spiro atoms. The van der Waals surface area contributed by atoms with Gasteiger partial charge in [-0.25, -0.2) is 0 Å². The van der Waals surface area contributed by atoms with E-state index in [1.165, 1.54) is 5.56 Å². The number of carbonyl (C=O) groups is 2. The third-order valence-corrected chi connectivity index (χ3v) is 3.00. The standard InChI is InChI=1S/C15H22N2O2/c1-10(13(18)16-5)17-14(19)11-6-8-12(9-7-11)15(2,3)4/h6-10H,1-5H3,(H,16,18)(H,17,19). The van der Waals surface area contributed by atoms with Crippen LogP contribution in [0.15, 0.2) is 24.3 Å². The summed E-state index contributed by atoms with van der Waals surface area (Å²) in [5.41, 5.74) is 1.79. The van der Waals surface area contributed by atoms with Gasteiger partial charge in [0.15, 0.2) is 0 Å². The van der Waals surface area contributed by atoms with E-state index in [-0.39, 0.29) is 17.2 Å². The van der Waals surface area contributed by atoms with Crippen molar-refractivity contribution in [3.63, 3.8) is 0 Å². The third kappa shape index (κ3) is 4.09. The van der Waals surface area contributed by atoms with Gasteiger partial charge in [-0.1, -0.05) is 32.9 Å². The molecule has 0 saturated heterocycles. The van der Waals surface area contributed by atoms with Crippen LogP contribution in [-0.2, 0) is 10.2 Å². The molecule has 1 aromatic carbocycles. The molecule has 0 fully saturated rings. The molecule has 2 amide bonds. The summed E-state index contributed by atoms with van der Waals surface area (Å²) >= 11 is 0. The molecule has 104 valence electrons. The maximum atomic E-state index is 11.9. The molecule has 1 unspecified atom stereocenters. The Morgan fingerprint density at radius 1 is 1.11 bits per heavy atom. The van der Waals surface area contributed by atoms with E-state index < -0.39 is 6.04 Å². The van der Waals surface area contributed by atoms with Crippen molar-refractivity contribution in [1.29, 1.82) is 0 Å². The molecule has 1 atom stereocenters. The molecule has 4 heteroatoms. The van der Waals surface area contributed by atoms with Gasteiger partial charge in [0.2, 0.25) is 5.91 Å². The van der Waals surface area contributed by atoms with Gasteiger partial charge in [0.05, 0.1) is 0 Å². The molecule has 0 aromatic heterocycles. The molecule has 1 rings (SSSR count). The highest BCUT2D eigenvalue weighted by molar-refractivity contribution is 5.97. The van der Waals surface area contributed by atoms with Crippen LogP contribution in [0.25, 0.3) is 0 Å². The van der Waals surface area contributed by atoms with Crippen molar-refractivity contribution in [2.75, 3.05) is 7.05 Å². The number of benzene rings is 1. The van der Waals surface area contributed by atoms with E-state index in [0.29, 0.717) is 5.56 Å². The highest BCUT2D eigenvalue weighted by Crippen LogP contribution is 2.22. The largest absolute Gasteiger partial charge is 0.357 e. The van der Waals surface area contributed by atoms with Gasteiger partial charge in [0.1, 0.15) is 6.04 Å². The van der Waals surface area contributed by atoms with Crippen molar-refractivity contribution in [1.82, 2.24) is 10.6 Å². The lowest BCUT2D eigenvalue weighted by Crippen LogP contribution is -2.43. The first-order valence-corrected chi connectivity index (χ1v) is 6.38. The second-order valence-corrected chi connectivity index (χ2v) is 5.64. The number of nitrogens with one attached hydrogen (secondary N) is 2. The Bertz CT molecular complexity index is 458. The Morgan fingerprint density at radius 3 is 2.05 bits per heavy atom. The van der Waals surface area contributed by atoms with Gasteiger partial charge in [-0.3, -0.25) is 9.59 Å². The fourth-order valence-corrected chi connectivity index (χ4v) is 1.68. The molecular weight excluding hydrogens is 240 g/mol. The predicted molar refractivity (Wildman–Crippen MR) is 76.1 cm³/mol. The van der Waals surface area contributed by atoms with Crippen LogP contribution in [0.1, 0.15) is 43.6 Å². The smallest absolute Gasteiger partial charge is 0.251 e. The molecule has 0 radical (unpaired) electrons. The quantitative estimate of drug-likeness (QED) is 0.873. The van der Waals surface area contributed by atoms with Gasteiger partial charge < -0.3 is 10.6 Å². The minimum atomic E-state index is -0.542. The van der Waals surface area contributed by atoms with Crippen LogP contribution in [-0.4, -0.2) is 24.9 Å². The van der Waals surface area contributed by atoms with Crippen molar-refractivity contribution >= 4 is 11.8 Å². The van der Waals surface area contributed by atoms with Crippen LogP contribution in [0.4, 0.5) is 0 Å². The fourth-order valence-electron chi connectivity index (χ4n) is 1.68. The summed E-state index contributed by atoms with van der Waals surface area (Å²) in [7, 11) is 1.54. The first kappa shape index (κ1) is 15.2. The summed E-state index contributed by atoms with van der Waals surface area (Å²) in [6, 6.07) is 6.91. The second-order valence-electron chi connectivity index (χ2n) is 5.64. The number of amides is 2. The Balaban J connectivity index is 2.76. The van der Waals surface area contributed by atoms with E-state index in [9.17, 15) is 9.59 Å². The number of hydrogen-bond donors (Lipinski definition) is 2. The van der Waals surface area contributed by atoms with Crippen molar-refractivity contribution in [3.8, 4) is 0 Å². The van der Waals surface area contributed by atoms with Crippen molar-refractivity contribution in [2.24, 2.45) is 0 Å². The minimum Gasteiger partial charge on any atom is -0.357 e. The zero-order valence-electron chi connectivity index (χ0n) is 12.2. The molecule has 1 aromatic rings. The van der Waals surface area contributed by atoms with Crippen LogP contribution < -0.4 is 10.6 Å². The average molecular weight is 262 g/mol. The van der Waals surface area contributed by atoms with E-state index in [1.54, 1.807) is 26.1 Å². The molecule has 2 N–H and O–H groups in total. The molecule has 0 saturated carbocycles. The first-order chi connectivity index (χ1) is 8.75.